The second-order valence-corrected chi connectivity index (χ2v) is 6.15. The number of aryl methyl sites for hydroxylation is 1. The summed E-state index contributed by atoms with van der Waals surface area (Å²) in [7, 11) is 0. The number of para-hydroxylation sites is 1. The van der Waals surface area contributed by atoms with E-state index in [2.05, 4.69) is 5.32 Å². The molecule has 1 N–H and O–H groups in total. The second-order valence-electron chi connectivity index (χ2n) is 6.15. The molecule has 130 valence electrons. The Bertz CT molecular complexity index is 746. The van der Waals surface area contributed by atoms with E-state index < -0.39 is 0 Å². The van der Waals surface area contributed by atoms with Crippen LogP contribution in [0.4, 0.5) is 5.69 Å². The first-order valence-corrected chi connectivity index (χ1v) is 8.43. The summed E-state index contributed by atoms with van der Waals surface area (Å²) in [5, 5.41) is 2.81. The van der Waals surface area contributed by atoms with Crippen molar-refractivity contribution in [3.8, 4) is 0 Å². The normalized spacial score (nSPS) is 17.2. The van der Waals surface area contributed by atoms with Gasteiger partial charge in [-0.25, -0.2) is 0 Å². The molecule has 1 aliphatic rings. The van der Waals surface area contributed by atoms with Gasteiger partial charge in [-0.15, -0.1) is 0 Å². The van der Waals surface area contributed by atoms with E-state index in [1.165, 1.54) is 0 Å². The van der Waals surface area contributed by atoms with Crippen LogP contribution in [0, 0.1) is 6.92 Å². The molecule has 1 fully saturated rings. The van der Waals surface area contributed by atoms with Crippen molar-refractivity contribution in [2.45, 2.75) is 19.4 Å². The summed E-state index contributed by atoms with van der Waals surface area (Å²) in [5.41, 5.74) is 2.76. The fourth-order valence-corrected chi connectivity index (χ4v) is 2.90. The zero-order chi connectivity index (χ0) is 17.6. The molecule has 1 aliphatic heterocycles. The fourth-order valence-electron chi connectivity index (χ4n) is 2.90. The molecule has 5 heteroatoms. The van der Waals surface area contributed by atoms with E-state index in [1.54, 1.807) is 4.90 Å². The predicted molar refractivity (Wildman–Crippen MR) is 96.1 cm³/mol. The monoisotopic (exact) mass is 338 g/mol. The standard InChI is InChI=1S/C20H22N2O3/c1-15-7-5-6-10-17(15)21-19(23)13-20(24)22-11-12-25-18(14-22)16-8-3-2-4-9-16/h2-10,18H,11-14H2,1H3,(H,21,23)/t18-/m0/s1. The number of carbonyl (C=O) groups excluding carboxylic acids is 2. The molecule has 0 aromatic heterocycles. The average molecular weight is 338 g/mol. The molecule has 3 rings (SSSR count). The number of hydrogen-bond donors (Lipinski definition) is 1. The SMILES string of the molecule is Cc1ccccc1NC(=O)CC(=O)N1CCO[C@H](c2ccccc2)C1. The summed E-state index contributed by atoms with van der Waals surface area (Å²) < 4.78 is 5.77. The van der Waals surface area contributed by atoms with Gasteiger partial charge in [0.25, 0.3) is 0 Å². The fraction of sp³-hybridized carbons (Fsp3) is 0.300. The summed E-state index contributed by atoms with van der Waals surface area (Å²) >= 11 is 0. The Morgan fingerprint density at radius 2 is 1.84 bits per heavy atom. The Kier molecular flexibility index (Phi) is 5.46. The van der Waals surface area contributed by atoms with Crippen molar-refractivity contribution in [1.29, 1.82) is 0 Å². The van der Waals surface area contributed by atoms with E-state index >= 15 is 0 Å². The first-order valence-electron chi connectivity index (χ1n) is 8.43. The summed E-state index contributed by atoms with van der Waals surface area (Å²) in [4.78, 5) is 26.4. The van der Waals surface area contributed by atoms with Gasteiger partial charge in [-0.2, -0.15) is 0 Å². The number of morpholine rings is 1. The number of hydrogen-bond acceptors (Lipinski definition) is 3. The number of nitrogens with zero attached hydrogens (tertiary/aromatic N) is 1. The van der Waals surface area contributed by atoms with Gasteiger partial charge in [-0.1, -0.05) is 48.5 Å². The highest BCUT2D eigenvalue weighted by Crippen LogP contribution is 2.22. The van der Waals surface area contributed by atoms with Crippen molar-refractivity contribution in [2.24, 2.45) is 0 Å². The van der Waals surface area contributed by atoms with Crippen molar-refractivity contribution in [3.05, 3.63) is 65.7 Å². The number of nitrogens with one attached hydrogen (secondary N) is 1. The van der Waals surface area contributed by atoms with Crippen LogP contribution < -0.4 is 5.32 Å². The van der Waals surface area contributed by atoms with Crippen molar-refractivity contribution >= 4 is 17.5 Å². The maximum Gasteiger partial charge on any atom is 0.233 e. The highest BCUT2D eigenvalue weighted by molar-refractivity contribution is 6.03. The van der Waals surface area contributed by atoms with Gasteiger partial charge in [-0.3, -0.25) is 9.59 Å². The zero-order valence-corrected chi connectivity index (χ0v) is 14.3. The third-order valence-corrected chi connectivity index (χ3v) is 4.32. The summed E-state index contributed by atoms with van der Waals surface area (Å²) in [5.74, 6) is -0.461. The van der Waals surface area contributed by atoms with E-state index in [0.29, 0.717) is 19.7 Å². The molecule has 2 amide bonds. The summed E-state index contributed by atoms with van der Waals surface area (Å²) in [6, 6.07) is 17.4. The maximum absolute atomic E-state index is 12.5. The average Bonchev–Trinajstić information content (AvgIpc) is 2.64. The van der Waals surface area contributed by atoms with Crippen LogP contribution in [0.15, 0.2) is 54.6 Å². The van der Waals surface area contributed by atoms with Crippen LogP contribution in [0.5, 0.6) is 0 Å². The largest absolute Gasteiger partial charge is 0.370 e. The van der Waals surface area contributed by atoms with Gasteiger partial charge in [0.2, 0.25) is 11.8 Å². The van der Waals surface area contributed by atoms with Crippen LogP contribution in [0.3, 0.4) is 0 Å². The lowest BCUT2D eigenvalue weighted by Gasteiger charge is -2.33. The topological polar surface area (TPSA) is 58.6 Å². The Balaban J connectivity index is 1.57. The van der Waals surface area contributed by atoms with Gasteiger partial charge < -0.3 is 15.0 Å². The Morgan fingerprint density at radius 3 is 2.60 bits per heavy atom. The molecule has 2 aromatic rings. The van der Waals surface area contributed by atoms with Gasteiger partial charge >= 0.3 is 0 Å². The lowest BCUT2D eigenvalue weighted by atomic mass is 10.1. The number of carbonyl (C=O) groups is 2. The molecule has 1 saturated heterocycles. The molecule has 1 atom stereocenters. The lowest BCUT2D eigenvalue weighted by molar-refractivity contribution is -0.141. The molecular weight excluding hydrogens is 316 g/mol. The number of anilines is 1. The van der Waals surface area contributed by atoms with Crippen molar-refractivity contribution in [2.75, 3.05) is 25.0 Å². The third-order valence-electron chi connectivity index (χ3n) is 4.32. The molecule has 5 nitrogen and oxygen atoms in total. The molecule has 0 unspecified atom stereocenters. The van der Waals surface area contributed by atoms with Crippen molar-refractivity contribution in [3.63, 3.8) is 0 Å². The van der Waals surface area contributed by atoms with E-state index in [1.807, 2.05) is 61.5 Å². The minimum absolute atomic E-state index is 0.140. The zero-order valence-electron chi connectivity index (χ0n) is 14.3. The number of ether oxygens (including phenoxy) is 1. The minimum atomic E-state index is -0.290. The number of amides is 2. The van der Waals surface area contributed by atoms with Crippen LogP contribution in [-0.2, 0) is 14.3 Å². The van der Waals surface area contributed by atoms with Gasteiger partial charge in [0.15, 0.2) is 0 Å². The Hall–Kier alpha value is -2.66. The van der Waals surface area contributed by atoms with E-state index in [9.17, 15) is 9.59 Å². The van der Waals surface area contributed by atoms with Crippen molar-refractivity contribution < 1.29 is 14.3 Å². The molecule has 0 bridgehead atoms. The van der Waals surface area contributed by atoms with Crippen LogP contribution in [0.1, 0.15) is 23.7 Å². The first-order chi connectivity index (χ1) is 12.1. The van der Waals surface area contributed by atoms with E-state index in [4.69, 9.17) is 4.74 Å². The highest BCUT2D eigenvalue weighted by atomic mass is 16.5. The third kappa shape index (κ3) is 4.45. The van der Waals surface area contributed by atoms with Crippen LogP contribution in [-0.4, -0.2) is 36.4 Å². The Morgan fingerprint density at radius 1 is 1.12 bits per heavy atom. The van der Waals surface area contributed by atoms with Gasteiger partial charge in [0.1, 0.15) is 12.5 Å². The van der Waals surface area contributed by atoms with Crippen LogP contribution in [0.2, 0.25) is 0 Å². The quantitative estimate of drug-likeness (QED) is 0.872. The molecule has 0 saturated carbocycles. The van der Waals surface area contributed by atoms with E-state index in [-0.39, 0.29) is 24.3 Å². The maximum atomic E-state index is 12.5. The molecule has 25 heavy (non-hydrogen) atoms. The molecule has 0 aliphatic carbocycles. The van der Waals surface area contributed by atoms with Crippen LogP contribution >= 0.6 is 0 Å². The predicted octanol–water partition coefficient (Wildman–Crippen LogP) is 2.92. The second kappa shape index (κ2) is 7.94. The Labute approximate surface area is 147 Å². The summed E-state index contributed by atoms with van der Waals surface area (Å²) in [6.45, 7) is 3.38. The molecule has 2 aromatic carbocycles. The molecular formula is C20H22N2O3. The first kappa shape index (κ1) is 17.2. The lowest BCUT2D eigenvalue weighted by Crippen LogP contribution is -2.43. The van der Waals surface area contributed by atoms with Gasteiger partial charge in [0.05, 0.1) is 13.2 Å². The van der Waals surface area contributed by atoms with Gasteiger partial charge in [-0.05, 0) is 24.1 Å². The van der Waals surface area contributed by atoms with Gasteiger partial charge in [0, 0.05) is 12.2 Å². The minimum Gasteiger partial charge on any atom is -0.370 e. The number of benzene rings is 2. The molecule has 0 spiro atoms. The molecule has 0 radical (unpaired) electrons. The smallest absolute Gasteiger partial charge is 0.233 e. The highest BCUT2D eigenvalue weighted by Gasteiger charge is 2.26. The van der Waals surface area contributed by atoms with Crippen molar-refractivity contribution in [1.82, 2.24) is 4.90 Å². The van der Waals surface area contributed by atoms with E-state index in [0.717, 1.165) is 16.8 Å². The number of rotatable bonds is 4. The molecule has 1 heterocycles. The van der Waals surface area contributed by atoms with Crippen LogP contribution in [0.25, 0.3) is 0 Å². The summed E-state index contributed by atoms with van der Waals surface area (Å²) in [6.07, 6.45) is -0.297.